The maximum absolute atomic E-state index is 11.4. The monoisotopic (exact) mass is 236 g/mol. The van der Waals surface area contributed by atoms with Crippen LogP contribution in [0.1, 0.15) is 44.9 Å². The maximum atomic E-state index is 11.4. The standard InChI is InChI=1S/C14H22NO2/c1-5-15-8-7-12(9-13(15)11(3)4)10-14(16)17-6-2/h7-9,11H,5-6,10H2,1-4H3/q+1. The molecule has 1 heterocycles. The number of pyridine rings is 1. The summed E-state index contributed by atoms with van der Waals surface area (Å²) in [6, 6.07) is 4.09. The van der Waals surface area contributed by atoms with Gasteiger partial charge in [-0.25, -0.2) is 4.57 Å². The van der Waals surface area contributed by atoms with E-state index in [-0.39, 0.29) is 5.97 Å². The molecule has 0 aliphatic rings. The van der Waals surface area contributed by atoms with Gasteiger partial charge in [0.05, 0.1) is 13.0 Å². The third-order valence-electron chi connectivity index (χ3n) is 2.72. The minimum Gasteiger partial charge on any atom is -0.466 e. The first kappa shape index (κ1) is 13.7. The molecule has 0 radical (unpaired) electrons. The van der Waals surface area contributed by atoms with Gasteiger partial charge in [0.15, 0.2) is 11.9 Å². The van der Waals surface area contributed by atoms with Gasteiger partial charge in [-0.1, -0.05) is 13.8 Å². The second-order valence-corrected chi connectivity index (χ2v) is 4.38. The highest BCUT2D eigenvalue weighted by atomic mass is 16.5. The van der Waals surface area contributed by atoms with Gasteiger partial charge in [0.25, 0.3) is 0 Å². The predicted molar refractivity (Wildman–Crippen MR) is 66.7 cm³/mol. The van der Waals surface area contributed by atoms with Crippen LogP contribution in [0.15, 0.2) is 18.3 Å². The SMILES string of the molecule is CCOC(=O)Cc1cc[n+](CC)c(C(C)C)c1. The zero-order valence-corrected chi connectivity index (χ0v) is 11.2. The van der Waals surface area contributed by atoms with Gasteiger partial charge in [-0.3, -0.25) is 4.79 Å². The number of hydrogen-bond acceptors (Lipinski definition) is 2. The van der Waals surface area contributed by atoms with E-state index in [1.54, 1.807) is 0 Å². The lowest BCUT2D eigenvalue weighted by molar-refractivity contribution is -0.701. The fourth-order valence-electron chi connectivity index (χ4n) is 1.87. The molecule has 0 unspecified atom stereocenters. The van der Waals surface area contributed by atoms with E-state index in [2.05, 4.69) is 31.4 Å². The van der Waals surface area contributed by atoms with Gasteiger partial charge < -0.3 is 4.74 Å². The van der Waals surface area contributed by atoms with Crippen molar-refractivity contribution in [2.45, 2.75) is 46.6 Å². The molecule has 0 aliphatic carbocycles. The topological polar surface area (TPSA) is 30.2 Å². The minimum absolute atomic E-state index is 0.156. The average Bonchev–Trinajstić information content (AvgIpc) is 2.29. The number of nitrogens with zero attached hydrogens (tertiary/aromatic N) is 1. The van der Waals surface area contributed by atoms with Gasteiger partial charge in [-0.05, 0) is 19.4 Å². The fraction of sp³-hybridized carbons (Fsp3) is 0.571. The highest BCUT2D eigenvalue weighted by Gasteiger charge is 2.15. The molecule has 0 amide bonds. The highest BCUT2D eigenvalue weighted by Crippen LogP contribution is 2.12. The summed E-state index contributed by atoms with van der Waals surface area (Å²) in [5, 5.41) is 0. The van der Waals surface area contributed by atoms with Crippen molar-refractivity contribution >= 4 is 5.97 Å². The molecule has 1 aromatic rings. The van der Waals surface area contributed by atoms with Crippen LogP contribution in [0.4, 0.5) is 0 Å². The van der Waals surface area contributed by atoms with Gasteiger partial charge in [-0.2, -0.15) is 0 Å². The normalized spacial score (nSPS) is 10.6. The van der Waals surface area contributed by atoms with E-state index in [9.17, 15) is 4.79 Å². The second-order valence-electron chi connectivity index (χ2n) is 4.38. The van der Waals surface area contributed by atoms with E-state index in [1.165, 1.54) is 5.69 Å². The molecule has 0 atom stereocenters. The Labute approximate surface area is 103 Å². The van der Waals surface area contributed by atoms with Crippen molar-refractivity contribution in [2.24, 2.45) is 0 Å². The van der Waals surface area contributed by atoms with Gasteiger partial charge in [0.1, 0.15) is 6.54 Å². The molecule has 1 rings (SSSR count). The molecule has 17 heavy (non-hydrogen) atoms. The Balaban J connectivity index is 2.88. The van der Waals surface area contributed by atoms with Crippen molar-refractivity contribution in [3.63, 3.8) is 0 Å². The summed E-state index contributed by atoms with van der Waals surface area (Å²) in [6.07, 6.45) is 2.40. The Hall–Kier alpha value is -1.38. The number of hydrogen-bond donors (Lipinski definition) is 0. The van der Waals surface area contributed by atoms with Crippen LogP contribution in [-0.4, -0.2) is 12.6 Å². The fourth-order valence-corrected chi connectivity index (χ4v) is 1.87. The van der Waals surface area contributed by atoms with E-state index in [0.29, 0.717) is 18.9 Å². The van der Waals surface area contributed by atoms with Crippen LogP contribution in [0, 0.1) is 0 Å². The Morgan fingerprint density at radius 1 is 1.41 bits per heavy atom. The van der Waals surface area contributed by atoms with Crippen molar-refractivity contribution in [2.75, 3.05) is 6.61 Å². The van der Waals surface area contributed by atoms with Crippen LogP contribution >= 0.6 is 0 Å². The molecule has 0 aromatic carbocycles. The first-order valence-corrected chi connectivity index (χ1v) is 6.26. The van der Waals surface area contributed by atoms with E-state index in [1.807, 2.05) is 19.2 Å². The van der Waals surface area contributed by atoms with Crippen LogP contribution in [0.25, 0.3) is 0 Å². The third-order valence-corrected chi connectivity index (χ3v) is 2.72. The van der Waals surface area contributed by atoms with Crippen LogP contribution in [0.5, 0.6) is 0 Å². The molecule has 0 spiro atoms. The van der Waals surface area contributed by atoms with Gasteiger partial charge in [0, 0.05) is 18.1 Å². The van der Waals surface area contributed by atoms with Gasteiger partial charge in [0.2, 0.25) is 0 Å². The molecule has 0 bridgehead atoms. The van der Waals surface area contributed by atoms with Crippen molar-refractivity contribution in [1.82, 2.24) is 0 Å². The quantitative estimate of drug-likeness (QED) is 0.579. The Morgan fingerprint density at radius 3 is 2.65 bits per heavy atom. The molecular formula is C14H22NO2+. The van der Waals surface area contributed by atoms with Crippen LogP contribution in [0.3, 0.4) is 0 Å². The first-order valence-electron chi connectivity index (χ1n) is 6.26. The third kappa shape index (κ3) is 3.84. The van der Waals surface area contributed by atoms with Crippen LogP contribution in [-0.2, 0) is 22.5 Å². The molecule has 1 aromatic heterocycles. The largest absolute Gasteiger partial charge is 0.466 e. The van der Waals surface area contributed by atoms with Gasteiger partial charge >= 0.3 is 5.97 Å². The molecule has 0 fully saturated rings. The number of esters is 1. The number of aromatic nitrogens is 1. The summed E-state index contributed by atoms with van der Waals surface area (Å²) in [5.41, 5.74) is 2.28. The number of aryl methyl sites for hydroxylation is 1. The maximum Gasteiger partial charge on any atom is 0.310 e. The van der Waals surface area contributed by atoms with Crippen molar-refractivity contribution in [1.29, 1.82) is 0 Å². The summed E-state index contributed by atoms with van der Waals surface area (Å²) in [7, 11) is 0. The lowest BCUT2D eigenvalue weighted by Crippen LogP contribution is -2.37. The first-order chi connectivity index (χ1) is 8.08. The molecule has 0 aliphatic heterocycles. The predicted octanol–water partition coefficient (Wildman–Crippen LogP) is 2.22. The van der Waals surface area contributed by atoms with Crippen LogP contribution in [0.2, 0.25) is 0 Å². The van der Waals surface area contributed by atoms with Crippen LogP contribution < -0.4 is 4.57 Å². The Morgan fingerprint density at radius 2 is 2.12 bits per heavy atom. The number of ether oxygens (including phenoxy) is 1. The number of carbonyl (C=O) groups is 1. The van der Waals surface area contributed by atoms with Crippen molar-refractivity contribution in [3.8, 4) is 0 Å². The molecule has 94 valence electrons. The second kappa shape index (κ2) is 6.38. The smallest absolute Gasteiger partial charge is 0.310 e. The summed E-state index contributed by atoms with van der Waals surface area (Å²) in [6.45, 7) is 9.67. The average molecular weight is 236 g/mol. The van der Waals surface area contributed by atoms with Crippen molar-refractivity contribution in [3.05, 3.63) is 29.6 Å². The van der Waals surface area contributed by atoms with E-state index < -0.39 is 0 Å². The number of carbonyl (C=O) groups excluding carboxylic acids is 1. The summed E-state index contributed by atoms with van der Waals surface area (Å²) in [4.78, 5) is 11.4. The molecule has 0 N–H and O–H groups in total. The minimum atomic E-state index is -0.156. The van der Waals surface area contributed by atoms with Gasteiger partial charge in [-0.15, -0.1) is 0 Å². The Kier molecular flexibility index (Phi) is 5.13. The molecule has 0 saturated carbocycles. The summed E-state index contributed by atoms with van der Waals surface area (Å²) in [5.74, 6) is 0.300. The van der Waals surface area contributed by atoms with Crippen molar-refractivity contribution < 1.29 is 14.1 Å². The summed E-state index contributed by atoms with van der Waals surface area (Å²) < 4.78 is 7.16. The Bertz CT molecular complexity index is 386. The van der Waals surface area contributed by atoms with E-state index >= 15 is 0 Å². The zero-order chi connectivity index (χ0) is 12.8. The zero-order valence-electron chi connectivity index (χ0n) is 11.2. The molecule has 3 nitrogen and oxygen atoms in total. The van der Waals surface area contributed by atoms with E-state index in [0.717, 1.165) is 12.1 Å². The van der Waals surface area contributed by atoms with E-state index in [4.69, 9.17) is 4.74 Å². The molecule has 3 heteroatoms. The lowest BCUT2D eigenvalue weighted by Gasteiger charge is -2.07. The molecule has 0 saturated heterocycles. The highest BCUT2D eigenvalue weighted by molar-refractivity contribution is 5.72. The molecular weight excluding hydrogens is 214 g/mol. The summed E-state index contributed by atoms with van der Waals surface area (Å²) >= 11 is 0. The number of rotatable bonds is 5. The lowest BCUT2D eigenvalue weighted by atomic mass is 10.1.